The number of benzene rings is 3. The van der Waals surface area contributed by atoms with Crippen LogP contribution >= 0.6 is 0 Å². The highest BCUT2D eigenvalue weighted by molar-refractivity contribution is 6.05. The summed E-state index contributed by atoms with van der Waals surface area (Å²) in [6, 6.07) is 16.4. The first-order chi connectivity index (χ1) is 16.5. The predicted octanol–water partition coefficient (Wildman–Crippen LogP) is 4.75. The molecule has 0 fully saturated rings. The van der Waals surface area contributed by atoms with Crippen molar-refractivity contribution in [1.29, 1.82) is 0 Å². The molecule has 0 aliphatic heterocycles. The molecule has 0 aliphatic rings. The van der Waals surface area contributed by atoms with E-state index >= 15 is 0 Å². The van der Waals surface area contributed by atoms with Crippen LogP contribution in [0.1, 0.15) is 10.4 Å². The Morgan fingerprint density at radius 2 is 1.38 bits per heavy atom. The summed E-state index contributed by atoms with van der Waals surface area (Å²) in [6.07, 6.45) is 0. The van der Waals surface area contributed by atoms with Crippen molar-refractivity contribution in [2.24, 2.45) is 0 Å². The van der Waals surface area contributed by atoms with Crippen LogP contribution in [0.4, 0.5) is 5.69 Å². The smallest absolute Gasteiger partial charge is 0.255 e. The molecule has 1 amide bonds. The number of methoxy groups -OCH3 is 4. The van der Waals surface area contributed by atoms with Crippen molar-refractivity contribution in [2.45, 2.75) is 0 Å². The Kier molecular flexibility index (Phi) is 6.40. The lowest BCUT2D eigenvalue weighted by Crippen LogP contribution is -2.12. The third-order valence-corrected chi connectivity index (χ3v) is 5.30. The zero-order valence-corrected chi connectivity index (χ0v) is 19.1. The number of nitrogens with one attached hydrogen (secondary N) is 1. The molecule has 0 radical (unpaired) electrons. The normalized spacial score (nSPS) is 10.6. The Morgan fingerprint density at radius 1 is 0.735 bits per heavy atom. The first-order valence-corrected chi connectivity index (χ1v) is 10.3. The monoisotopic (exact) mass is 461 g/mol. The van der Waals surface area contributed by atoms with E-state index in [1.807, 2.05) is 0 Å². The van der Waals surface area contributed by atoms with Gasteiger partial charge in [-0.05, 0) is 54.6 Å². The largest absolute Gasteiger partial charge is 0.493 e. The lowest BCUT2D eigenvalue weighted by Gasteiger charge is -2.11. The zero-order valence-electron chi connectivity index (χ0n) is 19.1. The van der Waals surface area contributed by atoms with Gasteiger partial charge < -0.3 is 28.7 Å². The highest BCUT2D eigenvalue weighted by Gasteiger charge is 2.14. The Bertz CT molecular complexity index is 1420. The van der Waals surface area contributed by atoms with Gasteiger partial charge in [-0.1, -0.05) is 0 Å². The number of carbonyl (C=O) groups excluding carboxylic acids is 1. The van der Waals surface area contributed by atoms with E-state index in [1.165, 1.54) is 27.4 Å². The maximum atomic E-state index is 12.9. The van der Waals surface area contributed by atoms with Crippen LogP contribution in [0.3, 0.4) is 0 Å². The highest BCUT2D eigenvalue weighted by atomic mass is 16.5. The fraction of sp³-hybridized carbons (Fsp3) is 0.154. The number of hydrogen-bond acceptors (Lipinski definition) is 7. The van der Waals surface area contributed by atoms with E-state index < -0.39 is 0 Å². The van der Waals surface area contributed by atoms with Gasteiger partial charge in [-0.15, -0.1) is 0 Å². The van der Waals surface area contributed by atoms with E-state index in [0.29, 0.717) is 56.5 Å². The summed E-state index contributed by atoms with van der Waals surface area (Å²) in [7, 11) is 6.11. The van der Waals surface area contributed by atoms with Crippen LogP contribution in [0.2, 0.25) is 0 Å². The van der Waals surface area contributed by atoms with Gasteiger partial charge in [-0.25, -0.2) is 0 Å². The molecule has 0 saturated heterocycles. The van der Waals surface area contributed by atoms with Gasteiger partial charge in [0.25, 0.3) is 5.91 Å². The molecule has 0 atom stereocenters. The number of anilines is 1. The molecule has 0 saturated carbocycles. The molecule has 4 rings (SSSR count). The molecule has 1 aromatic heterocycles. The molecular weight excluding hydrogens is 438 g/mol. The van der Waals surface area contributed by atoms with Crippen molar-refractivity contribution >= 4 is 22.6 Å². The molecule has 0 unspecified atom stereocenters. The van der Waals surface area contributed by atoms with E-state index in [0.717, 1.165) is 0 Å². The number of amides is 1. The van der Waals surface area contributed by atoms with E-state index in [-0.39, 0.29) is 11.3 Å². The minimum atomic E-state index is -0.355. The minimum Gasteiger partial charge on any atom is -0.493 e. The van der Waals surface area contributed by atoms with Crippen molar-refractivity contribution in [3.05, 3.63) is 76.5 Å². The third kappa shape index (κ3) is 4.38. The second-order valence-corrected chi connectivity index (χ2v) is 7.28. The van der Waals surface area contributed by atoms with Crippen LogP contribution < -0.4 is 29.7 Å². The Labute approximate surface area is 195 Å². The van der Waals surface area contributed by atoms with Crippen LogP contribution in [0.25, 0.3) is 22.3 Å². The van der Waals surface area contributed by atoms with Crippen LogP contribution in [-0.2, 0) is 0 Å². The summed E-state index contributed by atoms with van der Waals surface area (Å²) >= 11 is 0. The first-order valence-electron chi connectivity index (χ1n) is 10.3. The average molecular weight is 461 g/mol. The SMILES string of the molecule is COc1ccc(C(=O)Nc2ccc3oc(-c4ccc(OC)c(OC)c4)cc(=O)c3c2)cc1OC. The van der Waals surface area contributed by atoms with Gasteiger partial charge in [-0.2, -0.15) is 0 Å². The van der Waals surface area contributed by atoms with E-state index in [4.69, 9.17) is 23.4 Å². The molecule has 0 bridgehead atoms. The van der Waals surface area contributed by atoms with Crippen LogP contribution in [0.5, 0.6) is 23.0 Å². The molecular formula is C26H23NO7. The average Bonchev–Trinajstić information content (AvgIpc) is 2.87. The topological polar surface area (TPSA) is 96.2 Å². The zero-order chi connectivity index (χ0) is 24.2. The van der Waals surface area contributed by atoms with Crippen molar-refractivity contribution in [3.8, 4) is 34.3 Å². The minimum absolute atomic E-state index is 0.242. The van der Waals surface area contributed by atoms with Crippen molar-refractivity contribution in [1.82, 2.24) is 0 Å². The second-order valence-electron chi connectivity index (χ2n) is 7.28. The van der Waals surface area contributed by atoms with Crippen LogP contribution in [0, 0.1) is 0 Å². The summed E-state index contributed by atoms with van der Waals surface area (Å²) < 4.78 is 27.0. The number of ether oxygens (including phenoxy) is 4. The maximum Gasteiger partial charge on any atom is 0.255 e. The Hall–Kier alpha value is -4.46. The van der Waals surface area contributed by atoms with Crippen LogP contribution in [-0.4, -0.2) is 34.3 Å². The highest BCUT2D eigenvalue weighted by Crippen LogP contribution is 2.33. The van der Waals surface area contributed by atoms with Gasteiger partial charge in [0, 0.05) is 22.9 Å². The van der Waals surface area contributed by atoms with Gasteiger partial charge in [0.05, 0.1) is 33.8 Å². The van der Waals surface area contributed by atoms with Gasteiger partial charge >= 0.3 is 0 Å². The van der Waals surface area contributed by atoms with Crippen molar-refractivity contribution < 1.29 is 28.2 Å². The van der Waals surface area contributed by atoms with Gasteiger partial charge in [0.15, 0.2) is 28.4 Å². The molecule has 174 valence electrons. The molecule has 1 heterocycles. The maximum absolute atomic E-state index is 12.9. The van der Waals surface area contributed by atoms with Gasteiger partial charge in [-0.3, -0.25) is 9.59 Å². The molecule has 0 aliphatic carbocycles. The molecule has 3 aromatic carbocycles. The molecule has 4 aromatic rings. The van der Waals surface area contributed by atoms with Crippen molar-refractivity contribution in [2.75, 3.05) is 33.8 Å². The van der Waals surface area contributed by atoms with Crippen molar-refractivity contribution in [3.63, 3.8) is 0 Å². The molecule has 8 heteroatoms. The summed E-state index contributed by atoms with van der Waals surface area (Å²) in [6.45, 7) is 0. The fourth-order valence-electron chi connectivity index (χ4n) is 3.55. The number of rotatable bonds is 7. The number of fused-ring (bicyclic) bond motifs is 1. The summed E-state index contributed by atoms with van der Waals surface area (Å²) in [5.41, 5.74) is 1.66. The predicted molar refractivity (Wildman–Crippen MR) is 129 cm³/mol. The number of carbonyl (C=O) groups is 1. The van der Waals surface area contributed by atoms with Crippen LogP contribution in [0.15, 0.2) is 69.9 Å². The molecule has 0 spiro atoms. The quantitative estimate of drug-likeness (QED) is 0.424. The lowest BCUT2D eigenvalue weighted by atomic mass is 10.1. The molecule has 8 nitrogen and oxygen atoms in total. The first kappa shape index (κ1) is 22.7. The summed E-state index contributed by atoms with van der Waals surface area (Å²) in [4.78, 5) is 25.6. The summed E-state index contributed by atoms with van der Waals surface area (Å²) in [5.74, 6) is 2.09. The Balaban J connectivity index is 1.63. The van der Waals surface area contributed by atoms with Gasteiger partial charge in [0.1, 0.15) is 11.3 Å². The van der Waals surface area contributed by atoms with Gasteiger partial charge in [0.2, 0.25) is 0 Å². The van der Waals surface area contributed by atoms with E-state index in [2.05, 4.69) is 5.32 Å². The third-order valence-electron chi connectivity index (χ3n) is 5.30. The summed E-state index contributed by atoms with van der Waals surface area (Å²) in [5, 5.41) is 3.14. The van der Waals surface area contributed by atoms with E-state index in [9.17, 15) is 9.59 Å². The second kappa shape index (κ2) is 9.58. The lowest BCUT2D eigenvalue weighted by molar-refractivity contribution is 0.102. The number of hydrogen-bond donors (Lipinski definition) is 1. The standard InChI is InChI=1S/C26H23NO7/c1-30-21-8-5-15(11-24(21)32-3)23-14-19(28)18-13-17(7-10-20(18)34-23)27-26(29)16-6-9-22(31-2)25(12-16)33-4/h5-14H,1-4H3,(H,27,29). The fourth-order valence-corrected chi connectivity index (χ4v) is 3.55. The van der Waals surface area contributed by atoms with E-state index in [1.54, 1.807) is 61.7 Å². The molecule has 34 heavy (non-hydrogen) atoms. The molecule has 1 N–H and O–H groups in total. The Morgan fingerprint density at radius 3 is 2.06 bits per heavy atom.